The van der Waals surface area contributed by atoms with E-state index in [0.29, 0.717) is 5.02 Å². The summed E-state index contributed by atoms with van der Waals surface area (Å²) in [5, 5.41) is 9.46. The lowest BCUT2D eigenvalue weighted by molar-refractivity contribution is -0.137. The zero-order chi connectivity index (χ0) is 12.1. The minimum atomic E-state index is -0.853. The molecule has 1 rings (SSSR count). The highest BCUT2D eigenvalue weighted by Gasteiger charge is 2.23. The van der Waals surface area contributed by atoms with Crippen LogP contribution in [0.25, 0.3) is 0 Å². The van der Waals surface area contributed by atoms with Gasteiger partial charge in [0.25, 0.3) is 0 Å². The van der Waals surface area contributed by atoms with Gasteiger partial charge >= 0.3 is 5.97 Å². The van der Waals surface area contributed by atoms with Gasteiger partial charge in [-0.1, -0.05) is 36.7 Å². The molecule has 4 heteroatoms. The first-order valence-corrected chi connectivity index (χ1v) is 5.65. The van der Waals surface area contributed by atoms with Crippen LogP contribution < -0.4 is 5.73 Å². The fourth-order valence-corrected chi connectivity index (χ4v) is 2.02. The molecule has 0 aliphatic rings. The third kappa shape index (κ3) is 3.22. The van der Waals surface area contributed by atoms with Gasteiger partial charge in [0.05, 0.1) is 6.42 Å². The minimum Gasteiger partial charge on any atom is -0.481 e. The Kier molecular flexibility index (Phi) is 4.77. The summed E-state index contributed by atoms with van der Waals surface area (Å²) in [4.78, 5) is 10.8. The smallest absolute Gasteiger partial charge is 0.304 e. The fraction of sp³-hybridized carbons (Fsp3) is 0.417. The monoisotopic (exact) mass is 241 g/mol. The predicted octanol–water partition coefficient (Wildman–Crippen LogP) is 2.64. The number of hydrogen-bond acceptors (Lipinski definition) is 2. The number of hydrogen-bond donors (Lipinski definition) is 2. The number of carboxylic acid groups (broad SMARTS) is 1. The lowest BCUT2D eigenvalue weighted by atomic mass is 9.87. The van der Waals surface area contributed by atoms with Crippen LogP contribution >= 0.6 is 11.6 Å². The third-order valence-electron chi connectivity index (χ3n) is 2.69. The molecule has 16 heavy (non-hydrogen) atoms. The summed E-state index contributed by atoms with van der Waals surface area (Å²) in [5.74, 6) is -1.08. The van der Waals surface area contributed by atoms with Crippen molar-refractivity contribution in [2.45, 2.75) is 31.7 Å². The molecule has 3 nitrogen and oxygen atoms in total. The average molecular weight is 242 g/mol. The summed E-state index contributed by atoms with van der Waals surface area (Å²) in [7, 11) is 0. The lowest BCUT2D eigenvalue weighted by Crippen LogP contribution is -2.29. The zero-order valence-electron chi connectivity index (χ0n) is 9.19. The molecule has 0 aromatic heterocycles. The van der Waals surface area contributed by atoms with E-state index in [1.807, 2.05) is 25.1 Å². The second-order valence-electron chi connectivity index (χ2n) is 3.80. The van der Waals surface area contributed by atoms with Gasteiger partial charge in [-0.3, -0.25) is 4.79 Å². The highest BCUT2D eigenvalue weighted by molar-refractivity contribution is 6.31. The Hall–Kier alpha value is -1.06. The highest BCUT2D eigenvalue weighted by Crippen LogP contribution is 2.30. The molecule has 0 bridgehead atoms. The zero-order valence-corrected chi connectivity index (χ0v) is 9.95. The Morgan fingerprint density at radius 1 is 1.50 bits per heavy atom. The van der Waals surface area contributed by atoms with E-state index in [4.69, 9.17) is 22.4 Å². The highest BCUT2D eigenvalue weighted by atomic mass is 35.5. The average Bonchev–Trinajstić information content (AvgIpc) is 2.26. The first-order valence-electron chi connectivity index (χ1n) is 5.28. The van der Waals surface area contributed by atoms with Crippen LogP contribution in [0.2, 0.25) is 5.02 Å². The molecule has 0 saturated carbocycles. The number of carboxylic acids is 1. The van der Waals surface area contributed by atoms with E-state index in [2.05, 4.69) is 0 Å². The van der Waals surface area contributed by atoms with Crippen LogP contribution in [0.4, 0.5) is 0 Å². The summed E-state index contributed by atoms with van der Waals surface area (Å²) < 4.78 is 0. The SMILES string of the molecule is CCC(N)C(CC(=O)O)c1ccccc1Cl. The number of nitrogens with two attached hydrogens (primary N) is 1. The Bertz CT molecular complexity index is 368. The molecular formula is C12H16ClNO2. The summed E-state index contributed by atoms with van der Waals surface area (Å²) in [6, 6.07) is 7.08. The quantitative estimate of drug-likeness (QED) is 0.833. The van der Waals surface area contributed by atoms with Gasteiger partial charge in [0.1, 0.15) is 0 Å². The number of carbonyl (C=O) groups is 1. The number of aliphatic carboxylic acids is 1. The first-order chi connectivity index (χ1) is 7.56. The largest absolute Gasteiger partial charge is 0.481 e. The molecule has 1 aromatic carbocycles. The lowest BCUT2D eigenvalue weighted by Gasteiger charge is -2.22. The molecule has 0 amide bonds. The van der Waals surface area contributed by atoms with E-state index in [-0.39, 0.29) is 18.4 Å². The van der Waals surface area contributed by atoms with Crippen LogP contribution in [-0.4, -0.2) is 17.1 Å². The van der Waals surface area contributed by atoms with Gasteiger partial charge in [-0.2, -0.15) is 0 Å². The van der Waals surface area contributed by atoms with Crippen LogP contribution in [0.5, 0.6) is 0 Å². The van der Waals surface area contributed by atoms with Crippen molar-refractivity contribution in [1.29, 1.82) is 0 Å². The Labute approximate surface area is 100 Å². The van der Waals surface area contributed by atoms with Gasteiger partial charge in [-0.25, -0.2) is 0 Å². The molecular weight excluding hydrogens is 226 g/mol. The maximum absolute atomic E-state index is 10.8. The van der Waals surface area contributed by atoms with E-state index >= 15 is 0 Å². The predicted molar refractivity (Wildman–Crippen MR) is 64.7 cm³/mol. The van der Waals surface area contributed by atoms with Crippen LogP contribution in [0, 0.1) is 0 Å². The minimum absolute atomic E-state index is 0.0126. The first kappa shape index (κ1) is 13.0. The molecule has 2 atom stereocenters. The summed E-state index contributed by atoms with van der Waals surface area (Å²) in [6.45, 7) is 1.94. The maximum atomic E-state index is 10.8. The fourth-order valence-electron chi connectivity index (χ4n) is 1.74. The Morgan fingerprint density at radius 3 is 2.62 bits per heavy atom. The number of rotatable bonds is 5. The molecule has 3 N–H and O–H groups in total. The van der Waals surface area contributed by atoms with Crippen LogP contribution in [-0.2, 0) is 4.79 Å². The summed E-state index contributed by atoms with van der Waals surface area (Å²) >= 11 is 6.05. The van der Waals surface area contributed by atoms with Crippen LogP contribution in [0.15, 0.2) is 24.3 Å². The molecule has 0 aliphatic heterocycles. The Balaban J connectivity index is 3.01. The van der Waals surface area contributed by atoms with Crippen LogP contribution in [0.1, 0.15) is 31.2 Å². The van der Waals surface area contributed by atoms with E-state index in [0.717, 1.165) is 12.0 Å². The summed E-state index contributed by atoms with van der Waals surface area (Å²) in [6.07, 6.45) is 0.738. The van der Waals surface area contributed by atoms with Gasteiger partial charge in [-0.15, -0.1) is 0 Å². The third-order valence-corrected chi connectivity index (χ3v) is 3.03. The van der Waals surface area contributed by atoms with Crippen molar-refractivity contribution in [3.63, 3.8) is 0 Å². The van der Waals surface area contributed by atoms with E-state index < -0.39 is 5.97 Å². The van der Waals surface area contributed by atoms with Gasteiger partial charge in [0, 0.05) is 17.0 Å². The van der Waals surface area contributed by atoms with Crippen molar-refractivity contribution >= 4 is 17.6 Å². The molecule has 1 aromatic rings. The van der Waals surface area contributed by atoms with E-state index in [1.54, 1.807) is 6.07 Å². The molecule has 88 valence electrons. The van der Waals surface area contributed by atoms with E-state index in [1.165, 1.54) is 0 Å². The second-order valence-corrected chi connectivity index (χ2v) is 4.21. The van der Waals surface area contributed by atoms with Crippen molar-refractivity contribution in [1.82, 2.24) is 0 Å². The van der Waals surface area contributed by atoms with Crippen molar-refractivity contribution in [3.8, 4) is 0 Å². The molecule has 0 spiro atoms. The van der Waals surface area contributed by atoms with Gasteiger partial charge in [0.15, 0.2) is 0 Å². The molecule has 0 radical (unpaired) electrons. The maximum Gasteiger partial charge on any atom is 0.304 e. The molecule has 0 aliphatic carbocycles. The molecule has 0 heterocycles. The standard InChI is InChI=1S/C12H16ClNO2/c1-2-11(14)9(7-12(15)16)8-5-3-4-6-10(8)13/h3-6,9,11H,2,7,14H2,1H3,(H,15,16). The second kappa shape index (κ2) is 5.87. The van der Waals surface area contributed by atoms with Gasteiger partial charge in [0.2, 0.25) is 0 Å². The topological polar surface area (TPSA) is 63.3 Å². The van der Waals surface area contributed by atoms with Crippen molar-refractivity contribution in [2.24, 2.45) is 5.73 Å². The normalized spacial score (nSPS) is 14.4. The van der Waals surface area contributed by atoms with E-state index in [9.17, 15) is 4.79 Å². The summed E-state index contributed by atoms with van der Waals surface area (Å²) in [5.41, 5.74) is 6.76. The number of benzene rings is 1. The van der Waals surface area contributed by atoms with Crippen molar-refractivity contribution in [2.75, 3.05) is 0 Å². The van der Waals surface area contributed by atoms with Gasteiger partial charge in [-0.05, 0) is 18.1 Å². The number of halogens is 1. The molecule has 0 saturated heterocycles. The Morgan fingerprint density at radius 2 is 2.12 bits per heavy atom. The van der Waals surface area contributed by atoms with Gasteiger partial charge < -0.3 is 10.8 Å². The molecule has 0 fully saturated rings. The van der Waals surface area contributed by atoms with Crippen molar-refractivity contribution < 1.29 is 9.90 Å². The molecule has 2 unspecified atom stereocenters. The van der Waals surface area contributed by atoms with Crippen molar-refractivity contribution in [3.05, 3.63) is 34.9 Å². The van der Waals surface area contributed by atoms with Crippen LogP contribution in [0.3, 0.4) is 0 Å².